The summed E-state index contributed by atoms with van der Waals surface area (Å²) in [5.74, 6) is 0.170. The fraction of sp³-hybridized carbons (Fsp3) is 0.909. The number of carbonyl (C=O) groups is 1. The van der Waals surface area contributed by atoms with E-state index in [1.165, 1.54) is 0 Å². The van der Waals surface area contributed by atoms with Gasteiger partial charge in [-0.25, -0.2) is 0 Å². The molecular weight excluding hydrogens is 214 g/mol. The summed E-state index contributed by atoms with van der Waals surface area (Å²) < 4.78 is 5.65. The van der Waals surface area contributed by atoms with Crippen molar-refractivity contribution >= 4 is 17.5 Å². The molecule has 86 valence electrons. The molecule has 2 heterocycles. The summed E-state index contributed by atoms with van der Waals surface area (Å²) in [6.07, 6.45) is 3.53. The van der Waals surface area contributed by atoms with E-state index in [2.05, 4.69) is 5.32 Å². The first-order valence-corrected chi connectivity index (χ1v) is 6.11. The quantitative estimate of drug-likeness (QED) is 0.751. The topological polar surface area (TPSA) is 38.3 Å². The fourth-order valence-electron chi connectivity index (χ4n) is 2.36. The second-order valence-electron chi connectivity index (χ2n) is 4.69. The Labute approximate surface area is 95.5 Å². The molecule has 2 aliphatic heterocycles. The molecule has 1 N–H and O–H groups in total. The van der Waals surface area contributed by atoms with E-state index in [0.717, 1.165) is 19.3 Å². The average molecular weight is 232 g/mol. The molecule has 2 rings (SSSR count). The molecule has 0 aromatic rings. The molecule has 2 saturated heterocycles. The summed E-state index contributed by atoms with van der Waals surface area (Å²) in [5.41, 5.74) is 0. The van der Waals surface area contributed by atoms with E-state index in [-0.39, 0.29) is 29.3 Å². The lowest BCUT2D eigenvalue weighted by Gasteiger charge is -2.22. The van der Waals surface area contributed by atoms with Gasteiger partial charge in [0.25, 0.3) is 0 Å². The molecule has 0 aromatic carbocycles. The number of alkyl halides is 1. The highest BCUT2D eigenvalue weighted by molar-refractivity contribution is 6.20. The van der Waals surface area contributed by atoms with Gasteiger partial charge >= 0.3 is 0 Å². The van der Waals surface area contributed by atoms with E-state index >= 15 is 0 Å². The lowest BCUT2D eigenvalue weighted by atomic mass is 9.88. The second kappa shape index (κ2) is 4.30. The van der Waals surface area contributed by atoms with Crippen molar-refractivity contribution in [3.63, 3.8) is 0 Å². The number of nitrogens with one attached hydrogen (secondary N) is 1. The van der Waals surface area contributed by atoms with Gasteiger partial charge in [-0.05, 0) is 33.1 Å². The highest BCUT2D eigenvalue weighted by atomic mass is 35.5. The molecule has 2 aliphatic rings. The minimum atomic E-state index is -0.0338. The SMILES string of the molecule is CC(Cl)C(C)NC(=O)C1CC2CCC1O2. The fourth-order valence-corrected chi connectivity index (χ4v) is 2.42. The van der Waals surface area contributed by atoms with Gasteiger partial charge in [0.1, 0.15) is 0 Å². The lowest BCUT2D eigenvalue weighted by molar-refractivity contribution is -0.127. The van der Waals surface area contributed by atoms with Crippen LogP contribution in [0.25, 0.3) is 0 Å². The lowest BCUT2D eigenvalue weighted by Crippen LogP contribution is -2.43. The summed E-state index contributed by atoms with van der Waals surface area (Å²) in [6.45, 7) is 3.83. The molecule has 0 aliphatic carbocycles. The highest BCUT2D eigenvalue weighted by Gasteiger charge is 2.44. The summed E-state index contributed by atoms with van der Waals surface area (Å²) in [5, 5.41) is 2.92. The Hall–Kier alpha value is -0.280. The van der Waals surface area contributed by atoms with Crippen LogP contribution in [-0.2, 0) is 9.53 Å². The van der Waals surface area contributed by atoms with Gasteiger partial charge in [-0.3, -0.25) is 4.79 Å². The Kier molecular flexibility index (Phi) is 3.21. The van der Waals surface area contributed by atoms with Crippen LogP contribution in [0.1, 0.15) is 33.1 Å². The molecule has 0 radical (unpaired) electrons. The zero-order chi connectivity index (χ0) is 11.0. The van der Waals surface area contributed by atoms with Crippen LogP contribution in [-0.4, -0.2) is 29.5 Å². The molecular formula is C11H18ClNO2. The molecule has 2 bridgehead atoms. The number of ether oxygens (including phenoxy) is 1. The van der Waals surface area contributed by atoms with Crippen molar-refractivity contribution in [3.8, 4) is 0 Å². The predicted octanol–water partition coefficient (Wildman–Crippen LogP) is 1.69. The number of fused-ring (bicyclic) bond motifs is 2. The highest BCUT2D eigenvalue weighted by Crippen LogP contribution is 2.38. The number of hydrogen-bond donors (Lipinski definition) is 1. The van der Waals surface area contributed by atoms with Crippen LogP contribution in [0.15, 0.2) is 0 Å². The maximum absolute atomic E-state index is 11.9. The van der Waals surface area contributed by atoms with Gasteiger partial charge in [-0.2, -0.15) is 0 Å². The average Bonchev–Trinajstić information content (AvgIpc) is 2.78. The second-order valence-corrected chi connectivity index (χ2v) is 5.38. The summed E-state index contributed by atoms with van der Waals surface area (Å²) in [6, 6.07) is 0.0262. The smallest absolute Gasteiger partial charge is 0.226 e. The third-order valence-electron chi connectivity index (χ3n) is 3.50. The van der Waals surface area contributed by atoms with Gasteiger partial charge < -0.3 is 10.1 Å². The number of halogens is 1. The number of rotatable bonds is 3. The van der Waals surface area contributed by atoms with Crippen LogP contribution in [0, 0.1) is 5.92 Å². The minimum Gasteiger partial charge on any atom is -0.374 e. The summed E-state index contributed by atoms with van der Waals surface area (Å²) in [4.78, 5) is 11.9. The first-order chi connectivity index (χ1) is 7.08. The number of amides is 1. The van der Waals surface area contributed by atoms with E-state index in [0.29, 0.717) is 6.10 Å². The monoisotopic (exact) mass is 231 g/mol. The van der Waals surface area contributed by atoms with Gasteiger partial charge in [-0.15, -0.1) is 11.6 Å². The summed E-state index contributed by atoms with van der Waals surface area (Å²) >= 11 is 5.91. The van der Waals surface area contributed by atoms with Crippen molar-refractivity contribution in [2.45, 2.75) is 56.7 Å². The largest absolute Gasteiger partial charge is 0.374 e. The van der Waals surface area contributed by atoms with Crippen molar-refractivity contribution in [1.29, 1.82) is 0 Å². The molecule has 2 fully saturated rings. The molecule has 1 amide bonds. The number of hydrogen-bond acceptors (Lipinski definition) is 2. The van der Waals surface area contributed by atoms with E-state index < -0.39 is 0 Å². The molecule has 0 saturated carbocycles. The third-order valence-corrected chi connectivity index (χ3v) is 3.88. The molecule has 5 atom stereocenters. The normalized spacial score (nSPS) is 37.7. The van der Waals surface area contributed by atoms with E-state index in [1.807, 2.05) is 13.8 Å². The maximum Gasteiger partial charge on any atom is 0.226 e. The van der Waals surface area contributed by atoms with Gasteiger partial charge in [0.2, 0.25) is 5.91 Å². The zero-order valence-electron chi connectivity index (χ0n) is 9.20. The van der Waals surface area contributed by atoms with Crippen LogP contribution in [0.2, 0.25) is 0 Å². The molecule has 0 aromatic heterocycles. The van der Waals surface area contributed by atoms with E-state index in [4.69, 9.17) is 16.3 Å². The van der Waals surface area contributed by atoms with Gasteiger partial charge in [0.05, 0.1) is 23.5 Å². The third kappa shape index (κ3) is 2.28. The minimum absolute atomic E-state index is 0.0262. The Morgan fingerprint density at radius 2 is 2.20 bits per heavy atom. The van der Waals surface area contributed by atoms with E-state index in [1.54, 1.807) is 0 Å². The standard InChI is InChI=1S/C11H18ClNO2/c1-6(12)7(2)13-11(14)9-5-8-3-4-10(9)15-8/h6-10H,3-5H2,1-2H3,(H,13,14). The zero-order valence-corrected chi connectivity index (χ0v) is 9.96. The van der Waals surface area contributed by atoms with Gasteiger partial charge in [-0.1, -0.05) is 0 Å². The first kappa shape index (κ1) is 11.2. The van der Waals surface area contributed by atoms with Crippen LogP contribution in [0.4, 0.5) is 0 Å². The van der Waals surface area contributed by atoms with E-state index in [9.17, 15) is 4.79 Å². The molecule has 5 unspecified atom stereocenters. The maximum atomic E-state index is 11.9. The Morgan fingerprint density at radius 1 is 1.47 bits per heavy atom. The molecule has 15 heavy (non-hydrogen) atoms. The van der Waals surface area contributed by atoms with Crippen molar-refractivity contribution < 1.29 is 9.53 Å². The van der Waals surface area contributed by atoms with Gasteiger partial charge in [0, 0.05) is 6.04 Å². The molecule has 4 heteroatoms. The van der Waals surface area contributed by atoms with Crippen molar-refractivity contribution in [2.24, 2.45) is 5.92 Å². The molecule has 0 spiro atoms. The van der Waals surface area contributed by atoms with Crippen molar-refractivity contribution in [1.82, 2.24) is 5.32 Å². The van der Waals surface area contributed by atoms with Crippen LogP contribution >= 0.6 is 11.6 Å². The van der Waals surface area contributed by atoms with Crippen molar-refractivity contribution in [2.75, 3.05) is 0 Å². The predicted molar refractivity (Wildman–Crippen MR) is 58.9 cm³/mol. The van der Waals surface area contributed by atoms with Crippen LogP contribution in [0.3, 0.4) is 0 Å². The molecule has 3 nitrogen and oxygen atoms in total. The Bertz CT molecular complexity index is 257. The Morgan fingerprint density at radius 3 is 2.67 bits per heavy atom. The summed E-state index contributed by atoms with van der Waals surface area (Å²) in [7, 11) is 0. The Balaban J connectivity index is 1.86. The van der Waals surface area contributed by atoms with Crippen molar-refractivity contribution in [3.05, 3.63) is 0 Å². The first-order valence-electron chi connectivity index (χ1n) is 5.68. The van der Waals surface area contributed by atoms with Crippen LogP contribution in [0.5, 0.6) is 0 Å². The number of carbonyl (C=O) groups excluding carboxylic acids is 1. The van der Waals surface area contributed by atoms with Crippen LogP contribution < -0.4 is 5.32 Å². The van der Waals surface area contributed by atoms with Gasteiger partial charge in [0.15, 0.2) is 0 Å².